The Bertz CT molecular complexity index is 3120. The molecule has 2 spiro atoms. The minimum absolute atomic E-state index is 0.0149. The van der Waals surface area contributed by atoms with Gasteiger partial charge in [0.1, 0.15) is 58.1 Å². The summed E-state index contributed by atoms with van der Waals surface area (Å²) < 4.78 is 14.5. The first-order chi connectivity index (χ1) is 32.3. The zero-order valence-electron chi connectivity index (χ0n) is 35.7. The van der Waals surface area contributed by atoms with Crippen molar-refractivity contribution >= 4 is 68.7 Å². The summed E-state index contributed by atoms with van der Waals surface area (Å²) in [7, 11) is 0. The Hall–Kier alpha value is -7.34. The predicted octanol–water partition coefficient (Wildman–Crippen LogP) is 12.8. The molecular weight excluding hydrogens is 857 g/mol. The van der Waals surface area contributed by atoms with Gasteiger partial charge in [-0.25, -0.2) is 0 Å². The quantitative estimate of drug-likeness (QED) is 0.143. The minimum Gasteiger partial charge on any atom is -0.482 e. The Morgan fingerprint density at radius 3 is 1.30 bits per heavy atom. The highest BCUT2D eigenvalue weighted by Gasteiger charge is 2.49. The lowest BCUT2D eigenvalue weighted by atomic mass is 9.72. The molecular formula is C56H38N4O4S2. The molecule has 2 aromatic carbocycles. The van der Waals surface area contributed by atoms with Crippen molar-refractivity contribution in [3.63, 3.8) is 0 Å². The van der Waals surface area contributed by atoms with Crippen LogP contribution in [0.1, 0.15) is 127 Å². The van der Waals surface area contributed by atoms with E-state index in [9.17, 15) is 30.6 Å². The molecule has 8 aliphatic rings. The smallest absolute Gasteiger partial charge is 0.194 e. The van der Waals surface area contributed by atoms with Gasteiger partial charge in [0.15, 0.2) is 11.6 Å². The number of nitriles is 4. The Labute approximate surface area is 390 Å². The van der Waals surface area contributed by atoms with Gasteiger partial charge in [-0.1, -0.05) is 73.5 Å². The van der Waals surface area contributed by atoms with E-state index in [1.807, 2.05) is 48.6 Å². The molecule has 2 aliphatic heterocycles. The first-order valence-corrected chi connectivity index (χ1v) is 24.3. The number of carbonyl (C=O) groups is 2. The molecule has 0 N–H and O–H groups in total. The molecule has 10 heteroatoms. The fourth-order valence-electron chi connectivity index (χ4n) is 11.7. The third-order valence-corrected chi connectivity index (χ3v) is 16.9. The van der Waals surface area contributed by atoms with Crippen LogP contribution in [0.25, 0.3) is 34.4 Å². The van der Waals surface area contributed by atoms with Gasteiger partial charge < -0.3 is 9.47 Å². The number of thiophene rings is 2. The van der Waals surface area contributed by atoms with E-state index in [0.29, 0.717) is 44.5 Å². The maximum Gasteiger partial charge on any atom is 0.194 e. The average Bonchev–Trinajstić information content (AvgIpc) is 4.11. The van der Waals surface area contributed by atoms with Crippen LogP contribution in [0, 0.1) is 57.2 Å². The highest BCUT2D eigenvalue weighted by Crippen LogP contribution is 2.59. The molecule has 2 aromatic heterocycles. The Morgan fingerprint density at radius 1 is 0.545 bits per heavy atom. The molecule has 6 aliphatic carbocycles. The van der Waals surface area contributed by atoms with Crippen LogP contribution in [0.5, 0.6) is 0 Å². The van der Waals surface area contributed by atoms with Crippen molar-refractivity contribution in [3.8, 4) is 24.3 Å². The maximum absolute atomic E-state index is 13.9. The lowest BCUT2D eigenvalue weighted by molar-refractivity contribution is -0.0339. The van der Waals surface area contributed by atoms with Crippen molar-refractivity contribution in [1.29, 1.82) is 21.0 Å². The summed E-state index contributed by atoms with van der Waals surface area (Å²) >= 11 is 3.26. The maximum atomic E-state index is 13.9. The number of hydrogen-bond donors (Lipinski definition) is 0. The molecule has 0 radical (unpaired) electrons. The number of nitrogens with zero attached hydrogens (tertiary/aromatic N) is 4. The highest BCUT2D eigenvalue weighted by atomic mass is 32.1. The van der Waals surface area contributed by atoms with Crippen LogP contribution in [-0.4, -0.2) is 11.6 Å². The molecule has 2 fully saturated rings. The lowest BCUT2D eigenvalue weighted by Crippen LogP contribution is -2.37. The Kier molecular flexibility index (Phi) is 9.21. The van der Waals surface area contributed by atoms with Crippen molar-refractivity contribution in [2.75, 3.05) is 0 Å². The summed E-state index contributed by atoms with van der Waals surface area (Å²) in [6.45, 7) is 0. The van der Waals surface area contributed by atoms with E-state index in [1.54, 1.807) is 59.1 Å². The van der Waals surface area contributed by atoms with Gasteiger partial charge in [-0.3, -0.25) is 9.59 Å². The molecule has 318 valence electrons. The van der Waals surface area contributed by atoms with Gasteiger partial charge >= 0.3 is 0 Å². The molecule has 2 atom stereocenters. The van der Waals surface area contributed by atoms with Crippen molar-refractivity contribution in [1.82, 2.24) is 0 Å². The monoisotopic (exact) mass is 894 g/mol. The lowest BCUT2D eigenvalue weighted by Gasteiger charge is -2.46. The van der Waals surface area contributed by atoms with Crippen molar-refractivity contribution < 1.29 is 19.1 Å². The second-order valence-electron chi connectivity index (χ2n) is 18.3. The van der Waals surface area contributed by atoms with E-state index < -0.39 is 11.2 Å². The standard InChI is InChI=1S/C56H38N4O4S2/c57-27-33(28-58)49-37-11-3-5-13-39(37)51(61)43(49)23-35-25-45-53(65-35)41-19-32-22-48-42(20-31(32)21-47(41)63-55(45)15-7-1-8-16-55)54-46(56(64-48)17-9-2-10-18-56)26-36(66-54)24-44-50(34(29-59)30-60)38-12-4-6-14-40(38)52(44)62/h3-6,11-14,19-26,31-32H,1-2,7-10,15-18H2/b43-23-,44-24-. The second kappa shape index (κ2) is 15.1. The zero-order chi connectivity index (χ0) is 44.9. The molecule has 4 aromatic rings. The van der Waals surface area contributed by atoms with Gasteiger partial charge in [0, 0.05) is 87.0 Å². The topological polar surface area (TPSA) is 148 Å². The minimum atomic E-state index is -0.516. The average molecular weight is 895 g/mol. The van der Waals surface area contributed by atoms with Crippen molar-refractivity contribution in [2.24, 2.45) is 11.8 Å². The number of rotatable bonds is 2. The first-order valence-electron chi connectivity index (χ1n) is 22.6. The third-order valence-electron chi connectivity index (χ3n) is 14.7. The number of Topliss-reactive ketones (excluding diaryl/α,β-unsaturated/α-hetero) is 2. The molecule has 0 amide bonds. The molecule has 0 saturated heterocycles. The Morgan fingerprint density at radius 2 is 0.924 bits per heavy atom. The number of ether oxygens (including phenoxy) is 2. The summed E-state index contributed by atoms with van der Waals surface area (Å²) in [5.74, 6) is 1.31. The third kappa shape index (κ3) is 5.89. The SMILES string of the molecule is N#CC(C#N)=C1/C(=C/c2cc3c(s2)C2=CC4C=C5OC6(CCCCC6)c6cc(/C=C7\C(=O)c8ccccc8C7=C(C#N)C#N)sc6C5=CC4C=C2OC32CCCCC2)C(=O)c2ccccc21. The number of carbonyl (C=O) groups excluding carboxylic acids is 2. The van der Waals surface area contributed by atoms with Crippen molar-refractivity contribution in [3.05, 3.63) is 172 Å². The summed E-state index contributed by atoms with van der Waals surface area (Å²) in [5, 5.41) is 39.9. The van der Waals surface area contributed by atoms with Crippen LogP contribution in [0.2, 0.25) is 0 Å². The van der Waals surface area contributed by atoms with Crippen LogP contribution in [0.15, 0.2) is 119 Å². The van der Waals surface area contributed by atoms with Gasteiger partial charge in [-0.2, -0.15) is 21.0 Å². The van der Waals surface area contributed by atoms with Crippen LogP contribution in [0.4, 0.5) is 0 Å². The van der Waals surface area contributed by atoms with E-state index in [-0.39, 0.29) is 34.5 Å². The van der Waals surface area contributed by atoms with Crippen LogP contribution >= 0.6 is 22.7 Å². The number of ketones is 2. The summed E-state index contributed by atoms with van der Waals surface area (Å²) in [6, 6.07) is 26.9. The predicted molar refractivity (Wildman–Crippen MR) is 253 cm³/mol. The van der Waals surface area contributed by atoms with Crippen LogP contribution in [-0.2, 0) is 20.7 Å². The van der Waals surface area contributed by atoms with Crippen LogP contribution in [0.3, 0.4) is 0 Å². The second-order valence-corrected chi connectivity index (χ2v) is 20.5. The van der Waals surface area contributed by atoms with Gasteiger partial charge in [-0.15, -0.1) is 22.7 Å². The molecule has 8 nitrogen and oxygen atoms in total. The molecule has 66 heavy (non-hydrogen) atoms. The summed E-state index contributed by atoms with van der Waals surface area (Å²) in [4.78, 5) is 31.9. The molecule has 0 bridgehead atoms. The van der Waals surface area contributed by atoms with E-state index >= 15 is 0 Å². The number of allylic oxidation sites excluding steroid dienone is 12. The van der Waals surface area contributed by atoms with E-state index in [4.69, 9.17) is 9.47 Å². The molecule has 2 unspecified atom stereocenters. The largest absolute Gasteiger partial charge is 0.482 e. The fraction of sp³-hybridized carbons (Fsp3) is 0.250. The number of benzene rings is 2. The number of hydrogen-bond acceptors (Lipinski definition) is 10. The molecule has 2 saturated carbocycles. The molecule has 4 heterocycles. The highest BCUT2D eigenvalue weighted by molar-refractivity contribution is 7.14. The normalized spacial score (nSPS) is 23.4. The Balaban J connectivity index is 0.961. The summed E-state index contributed by atoms with van der Waals surface area (Å²) in [5.41, 5.74) is 6.85. The van der Waals surface area contributed by atoms with Gasteiger partial charge in [0.25, 0.3) is 0 Å². The molecule has 12 rings (SSSR count). The zero-order valence-corrected chi connectivity index (χ0v) is 37.3. The van der Waals surface area contributed by atoms with E-state index in [0.717, 1.165) is 118 Å². The van der Waals surface area contributed by atoms with Crippen LogP contribution < -0.4 is 0 Å². The van der Waals surface area contributed by atoms with Gasteiger partial charge in [0.05, 0.1) is 0 Å². The summed E-state index contributed by atoms with van der Waals surface area (Å²) in [6.07, 6.45) is 22.9. The van der Waals surface area contributed by atoms with Crippen molar-refractivity contribution in [2.45, 2.75) is 75.4 Å². The van der Waals surface area contributed by atoms with Gasteiger partial charge in [-0.05, 0) is 98.9 Å². The van der Waals surface area contributed by atoms with Gasteiger partial charge in [0.2, 0.25) is 0 Å². The number of fused-ring (bicyclic) bond motifs is 11. The first kappa shape index (κ1) is 40.2. The van der Waals surface area contributed by atoms with E-state index in [2.05, 4.69) is 36.4 Å². The van der Waals surface area contributed by atoms with E-state index in [1.165, 1.54) is 0 Å². The fourth-order valence-corrected chi connectivity index (χ4v) is 14.2.